The van der Waals surface area contributed by atoms with Crippen molar-refractivity contribution in [3.05, 3.63) is 89.5 Å². The molecule has 6 nitrogen and oxygen atoms in total. The number of pyridine rings is 1. The van der Waals surface area contributed by atoms with Crippen molar-refractivity contribution in [2.24, 2.45) is 7.05 Å². The number of anilines is 1. The van der Waals surface area contributed by atoms with Crippen molar-refractivity contribution in [2.45, 2.75) is 20.4 Å². The van der Waals surface area contributed by atoms with Gasteiger partial charge in [-0.15, -0.1) is 0 Å². The minimum atomic E-state index is 0.576. The van der Waals surface area contributed by atoms with Gasteiger partial charge in [-0.2, -0.15) is 0 Å². The van der Waals surface area contributed by atoms with Gasteiger partial charge < -0.3 is 18.5 Å². The molecule has 0 atom stereocenters. The van der Waals surface area contributed by atoms with Gasteiger partial charge in [0.15, 0.2) is 0 Å². The summed E-state index contributed by atoms with van der Waals surface area (Å²) in [6, 6.07) is 19.1. The van der Waals surface area contributed by atoms with E-state index in [9.17, 15) is 0 Å². The molecule has 0 fully saturated rings. The van der Waals surface area contributed by atoms with E-state index >= 15 is 0 Å². The van der Waals surface area contributed by atoms with Crippen molar-refractivity contribution < 1.29 is 18.2 Å². The minimum absolute atomic E-state index is 0.576. The topological polar surface area (TPSA) is 42.4 Å². The number of quaternary nitrogens is 1. The van der Waals surface area contributed by atoms with Crippen molar-refractivity contribution in [1.29, 1.82) is 0 Å². The first kappa shape index (κ1) is 24.8. The van der Waals surface area contributed by atoms with Gasteiger partial charge in [0, 0.05) is 40.6 Å². The van der Waals surface area contributed by atoms with Gasteiger partial charge in [0.25, 0.3) is 0 Å². The van der Waals surface area contributed by atoms with Gasteiger partial charge in [-0.25, -0.2) is 4.57 Å². The lowest BCUT2D eigenvalue weighted by Crippen LogP contribution is -2.42. The van der Waals surface area contributed by atoms with E-state index in [-0.39, 0.29) is 0 Å². The lowest BCUT2D eigenvalue weighted by atomic mass is 9.94. The summed E-state index contributed by atoms with van der Waals surface area (Å²) in [6.07, 6.45) is 6.20. The normalized spacial score (nSPS) is 14.7. The van der Waals surface area contributed by atoms with E-state index in [1.165, 1.54) is 11.1 Å². The second kappa shape index (κ2) is 9.87. The predicted molar refractivity (Wildman–Crippen MR) is 150 cm³/mol. The number of benzene rings is 2. The van der Waals surface area contributed by atoms with Crippen LogP contribution in [0.4, 0.5) is 5.69 Å². The molecule has 0 saturated carbocycles. The van der Waals surface area contributed by atoms with Crippen LogP contribution < -0.4 is 14.2 Å². The Labute approximate surface area is 219 Å². The quantitative estimate of drug-likeness (QED) is 0.244. The number of aromatic nitrogens is 2. The summed E-state index contributed by atoms with van der Waals surface area (Å²) in [7, 11) is 8.10. The summed E-state index contributed by atoms with van der Waals surface area (Å²) >= 11 is 0. The van der Waals surface area contributed by atoms with Crippen LogP contribution >= 0.6 is 0 Å². The number of nitrogens with zero attached hydrogens (tertiary/aromatic N) is 4. The van der Waals surface area contributed by atoms with Crippen molar-refractivity contribution >= 4 is 34.3 Å². The molecular weight excluding hydrogens is 460 g/mol. The van der Waals surface area contributed by atoms with Crippen LogP contribution in [0.5, 0.6) is 5.75 Å². The molecule has 2 aromatic carbocycles. The van der Waals surface area contributed by atoms with E-state index < -0.39 is 0 Å². The fraction of sp³-hybridized carbons (Fsp3) is 0.290. The standard InChI is InChI=1S/C31H36N4O2/c1-7-35(5,8-2)21-22-11-13-23(14-12-22)28-18-24(26-20-25(36-6)15-16-27(26)34(28)4)19-30-32-31-29(37-30)10-9-17-33(31)3/h9-20H,7-8,21H2,1-6H3/q+2. The maximum Gasteiger partial charge on any atom is 0.370 e. The second-order valence-electron chi connectivity index (χ2n) is 10.0. The summed E-state index contributed by atoms with van der Waals surface area (Å²) in [5, 5.41) is 0. The molecule has 6 heteroatoms. The predicted octanol–water partition coefficient (Wildman–Crippen LogP) is 5.68. The molecule has 0 amide bonds. The van der Waals surface area contributed by atoms with Crippen molar-refractivity contribution in [3.63, 3.8) is 0 Å². The Hall–Kier alpha value is -3.90. The maximum absolute atomic E-state index is 6.09. The van der Waals surface area contributed by atoms with Gasteiger partial charge in [0.2, 0.25) is 5.58 Å². The first-order valence-corrected chi connectivity index (χ1v) is 12.9. The Bertz CT molecular complexity index is 1490. The van der Waals surface area contributed by atoms with Gasteiger partial charge in [-0.1, -0.05) is 24.3 Å². The highest BCUT2D eigenvalue weighted by Crippen LogP contribution is 2.41. The Balaban J connectivity index is 1.58. The SMILES string of the molecule is CC[N+](C)(CC)Cc1ccc(C2=C/C(=C\c3nc4c(ccc[n+]4C)o3)c3cc(OC)ccc3N2C)cc1. The van der Waals surface area contributed by atoms with Crippen molar-refractivity contribution in [1.82, 2.24) is 4.98 Å². The lowest BCUT2D eigenvalue weighted by Gasteiger charge is -2.32. The summed E-state index contributed by atoms with van der Waals surface area (Å²) in [5.74, 6) is 1.39. The molecule has 0 unspecified atom stereocenters. The van der Waals surface area contributed by atoms with E-state index in [4.69, 9.17) is 14.1 Å². The fourth-order valence-electron chi connectivity index (χ4n) is 4.91. The highest BCUT2D eigenvalue weighted by Gasteiger charge is 2.24. The first-order chi connectivity index (χ1) is 17.8. The zero-order valence-corrected chi connectivity index (χ0v) is 22.7. The van der Waals surface area contributed by atoms with Crippen LogP contribution in [0, 0.1) is 0 Å². The summed E-state index contributed by atoms with van der Waals surface area (Å²) in [4.78, 5) is 6.99. The zero-order valence-electron chi connectivity index (χ0n) is 22.7. The number of aryl methyl sites for hydroxylation is 1. The highest BCUT2D eigenvalue weighted by atomic mass is 16.5. The Morgan fingerprint density at radius 3 is 2.51 bits per heavy atom. The molecule has 1 aliphatic heterocycles. The molecule has 190 valence electrons. The first-order valence-electron chi connectivity index (χ1n) is 12.9. The van der Waals surface area contributed by atoms with Crippen LogP contribution in [0.1, 0.15) is 36.4 Å². The molecule has 2 aromatic heterocycles. The Kier molecular flexibility index (Phi) is 6.61. The Morgan fingerprint density at radius 1 is 1.08 bits per heavy atom. The number of oxazole rings is 1. The number of hydrogen-bond acceptors (Lipinski definition) is 4. The van der Waals surface area contributed by atoms with Gasteiger partial charge in [0.1, 0.15) is 12.3 Å². The number of rotatable bonds is 7. The average molecular weight is 497 g/mol. The molecule has 4 aromatic rings. The van der Waals surface area contributed by atoms with Crippen LogP contribution in [0.2, 0.25) is 0 Å². The molecule has 3 heterocycles. The number of ether oxygens (including phenoxy) is 1. The summed E-state index contributed by atoms with van der Waals surface area (Å²) in [6.45, 7) is 7.79. The smallest absolute Gasteiger partial charge is 0.370 e. The second-order valence-corrected chi connectivity index (χ2v) is 10.0. The molecule has 1 aliphatic rings. The van der Waals surface area contributed by atoms with Crippen LogP contribution in [0.3, 0.4) is 0 Å². The van der Waals surface area contributed by atoms with Gasteiger partial charge in [0.05, 0.1) is 40.5 Å². The maximum atomic E-state index is 6.09. The third kappa shape index (κ3) is 4.77. The molecule has 37 heavy (non-hydrogen) atoms. The molecular formula is C31H36N4O2+2. The van der Waals surface area contributed by atoms with Crippen LogP contribution in [-0.2, 0) is 13.6 Å². The third-order valence-corrected chi connectivity index (χ3v) is 7.69. The lowest BCUT2D eigenvalue weighted by molar-refractivity contribution is -0.919. The number of allylic oxidation sites excluding steroid dienone is 2. The van der Waals surface area contributed by atoms with Gasteiger partial charge in [-0.3, -0.25) is 0 Å². The van der Waals surface area contributed by atoms with Crippen LogP contribution in [0.15, 0.2) is 71.3 Å². The monoisotopic (exact) mass is 496 g/mol. The van der Waals surface area contributed by atoms with Crippen molar-refractivity contribution in [3.8, 4) is 5.75 Å². The van der Waals surface area contributed by atoms with Crippen molar-refractivity contribution in [2.75, 3.05) is 39.2 Å². The van der Waals surface area contributed by atoms with E-state index in [1.807, 2.05) is 42.1 Å². The third-order valence-electron chi connectivity index (χ3n) is 7.69. The largest absolute Gasteiger partial charge is 0.497 e. The minimum Gasteiger partial charge on any atom is -0.497 e. The molecule has 0 radical (unpaired) electrons. The summed E-state index contributed by atoms with van der Waals surface area (Å²) < 4.78 is 14.6. The molecule has 0 bridgehead atoms. The van der Waals surface area contributed by atoms with Crippen LogP contribution in [0.25, 0.3) is 28.6 Å². The highest BCUT2D eigenvalue weighted by molar-refractivity contribution is 6.03. The summed E-state index contributed by atoms with van der Waals surface area (Å²) in [5.41, 5.74) is 8.45. The number of fused-ring (bicyclic) bond motifs is 2. The van der Waals surface area contributed by atoms with E-state index in [0.29, 0.717) is 5.89 Å². The molecule has 0 aliphatic carbocycles. The molecule has 0 spiro atoms. The number of methoxy groups -OCH3 is 1. The van der Waals surface area contributed by atoms with E-state index in [0.717, 1.165) is 63.6 Å². The Morgan fingerprint density at radius 2 is 1.84 bits per heavy atom. The molecule has 0 N–H and O–H groups in total. The zero-order chi connectivity index (χ0) is 26.2. The average Bonchev–Trinajstić information content (AvgIpc) is 3.34. The molecule has 5 rings (SSSR count). The molecule has 0 saturated heterocycles. The van der Waals surface area contributed by atoms with Gasteiger partial charge >= 0.3 is 11.5 Å². The van der Waals surface area contributed by atoms with E-state index in [1.54, 1.807) is 7.11 Å². The van der Waals surface area contributed by atoms with E-state index in [2.05, 4.69) is 75.3 Å². The number of hydrogen-bond donors (Lipinski definition) is 0. The van der Waals surface area contributed by atoms with Crippen LogP contribution in [-0.4, -0.2) is 43.8 Å². The van der Waals surface area contributed by atoms with Gasteiger partial charge in [-0.05, 0) is 61.4 Å². The fourth-order valence-corrected chi connectivity index (χ4v) is 4.91.